The van der Waals surface area contributed by atoms with Gasteiger partial charge in [0.15, 0.2) is 0 Å². The number of amides is 1. The van der Waals surface area contributed by atoms with Gasteiger partial charge in [-0.1, -0.05) is 12.1 Å². The fourth-order valence-corrected chi connectivity index (χ4v) is 2.37. The van der Waals surface area contributed by atoms with Gasteiger partial charge in [-0.2, -0.15) is 8.78 Å². The topological polar surface area (TPSA) is 50.8 Å². The van der Waals surface area contributed by atoms with Crippen LogP contribution in [0.5, 0.6) is 5.75 Å². The lowest BCUT2D eigenvalue weighted by molar-refractivity contribution is -0.0499. The van der Waals surface area contributed by atoms with Gasteiger partial charge >= 0.3 is 12.7 Å². The Labute approximate surface area is 134 Å². The van der Waals surface area contributed by atoms with Crippen LogP contribution in [-0.4, -0.2) is 42.8 Å². The first-order valence-corrected chi connectivity index (χ1v) is 7.51. The average Bonchev–Trinajstić information content (AvgIpc) is 2.45. The van der Waals surface area contributed by atoms with Crippen molar-refractivity contribution >= 4 is 6.09 Å². The molecule has 1 fully saturated rings. The summed E-state index contributed by atoms with van der Waals surface area (Å²) in [7, 11) is 0. The van der Waals surface area contributed by atoms with Crippen molar-refractivity contribution in [3.05, 3.63) is 29.8 Å². The molecule has 1 aliphatic heterocycles. The number of ether oxygens (including phenoxy) is 2. The first kappa shape index (κ1) is 17.5. The van der Waals surface area contributed by atoms with Gasteiger partial charge in [-0.25, -0.2) is 4.79 Å². The smallest absolute Gasteiger partial charge is 0.410 e. The molecule has 1 aliphatic rings. The van der Waals surface area contributed by atoms with Crippen molar-refractivity contribution in [3.8, 4) is 5.75 Å². The number of hydrogen-bond acceptors (Lipinski definition) is 4. The van der Waals surface area contributed by atoms with E-state index in [0.717, 1.165) is 5.56 Å². The molecule has 1 N–H and O–H groups in total. The second-order valence-corrected chi connectivity index (χ2v) is 6.38. The fourth-order valence-electron chi connectivity index (χ4n) is 2.37. The van der Waals surface area contributed by atoms with Gasteiger partial charge < -0.3 is 19.7 Å². The molecule has 7 heteroatoms. The standard InChI is InChI=1S/C16H22F2N2O3/c1-16(2,3)23-15(21)20-8-7-19-13(10-20)11-5-4-6-12(9-11)22-14(17)18/h4-6,9,13-14,19H,7-8,10H2,1-3H3. The highest BCUT2D eigenvalue weighted by atomic mass is 19.3. The lowest BCUT2D eigenvalue weighted by atomic mass is 10.0. The molecule has 5 nitrogen and oxygen atoms in total. The lowest BCUT2D eigenvalue weighted by Crippen LogP contribution is -2.49. The van der Waals surface area contributed by atoms with Gasteiger partial charge in [-0.15, -0.1) is 0 Å². The fraction of sp³-hybridized carbons (Fsp3) is 0.562. The summed E-state index contributed by atoms with van der Waals surface area (Å²) in [5, 5.41) is 3.27. The number of benzene rings is 1. The van der Waals surface area contributed by atoms with E-state index in [4.69, 9.17) is 4.74 Å². The molecule has 1 unspecified atom stereocenters. The summed E-state index contributed by atoms with van der Waals surface area (Å²) in [4.78, 5) is 13.8. The van der Waals surface area contributed by atoms with Crippen LogP contribution >= 0.6 is 0 Å². The largest absolute Gasteiger partial charge is 0.444 e. The van der Waals surface area contributed by atoms with Gasteiger partial charge in [0.1, 0.15) is 11.4 Å². The van der Waals surface area contributed by atoms with Crippen LogP contribution in [0.2, 0.25) is 0 Å². The minimum Gasteiger partial charge on any atom is -0.444 e. The van der Waals surface area contributed by atoms with E-state index in [9.17, 15) is 13.6 Å². The molecule has 1 saturated heterocycles. The predicted molar refractivity (Wildman–Crippen MR) is 81.6 cm³/mol. The summed E-state index contributed by atoms with van der Waals surface area (Å²) in [6, 6.07) is 6.35. The molecule has 1 atom stereocenters. The van der Waals surface area contributed by atoms with E-state index < -0.39 is 12.2 Å². The van der Waals surface area contributed by atoms with E-state index >= 15 is 0 Å². The van der Waals surface area contributed by atoms with Crippen LogP contribution in [0.25, 0.3) is 0 Å². The van der Waals surface area contributed by atoms with E-state index in [1.54, 1.807) is 17.0 Å². The lowest BCUT2D eigenvalue weighted by Gasteiger charge is -2.35. The zero-order valence-corrected chi connectivity index (χ0v) is 13.5. The van der Waals surface area contributed by atoms with Crippen LogP contribution in [0.15, 0.2) is 24.3 Å². The molecule has 23 heavy (non-hydrogen) atoms. The molecule has 0 saturated carbocycles. The third-order valence-corrected chi connectivity index (χ3v) is 3.31. The first-order chi connectivity index (χ1) is 10.7. The number of nitrogens with one attached hydrogen (secondary N) is 1. The molecule has 0 aromatic heterocycles. The maximum atomic E-state index is 12.3. The quantitative estimate of drug-likeness (QED) is 0.926. The zero-order chi connectivity index (χ0) is 17.0. The van der Waals surface area contributed by atoms with E-state index in [2.05, 4.69) is 10.1 Å². The van der Waals surface area contributed by atoms with Crippen LogP contribution in [0, 0.1) is 0 Å². The van der Waals surface area contributed by atoms with E-state index in [1.165, 1.54) is 6.07 Å². The molecule has 0 spiro atoms. The second kappa shape index (κ2) is 7.12. The number of nitrogens with zero attached hydrogens (tertiary/aromatic N) is 1. The van der Waals surface area contributed by atoms with Gasteiger partial charge in [0.2, 0.25) is 0 Å². The van der Waals surface area contributed by atoms with Gasteiger partial charge in [0.05, 0.1) is 6.04 Å². The maximum absolute atomic E-state index is 12.3. The third kappa shape index (κ3) is 5.35. The van der Waals surface area contributed by atoms with Crippen molar-refractivity contribution in [2.45, 2.75) is 39.0 Å². The highest BCUT2D eigenvalue weighted by molar-refractivity contribution is 5.68. The van der Waals surface area contributed by atoms with Crippen LogP contribution in [0.1, 0.15) is 32.4 Å². The molecule has 1 aromatic carbocycles. The van der Waals surface area contributed by atoms with E-state index in [-0.39, 0.29) is 17.9 Å². The Kier molecular flexibility index (Phi) is 5.41. The molecule has 2 rings (SSSR count). The number of piperazine rings is 1. The summed E-state index contributed by atoms with van der Waals surface area (Å²) in [6.07, 6.45) is -0.371. The Bertz CT molecular complexity index is 546. The molecular weight excluding hydrogens is 306 g/mol. The summed E-state index contributed by atoms with van der Waals surface area (Å²) < 4.78 is 34.4. The number of carbonyl (C=O) groups excluding carboxylic acids is 1. The summed E-state index contributed by atoms with van der Waals surface area (Å²) in [5.41, 5.74) is 0.235. The summed E-state index contributed by atoms with van der Waals surface area (Å²) in [5.74, 6) is 0.105. The van der Waals surface area contributed by atoms with Gasteiger partial charge in [0, 0.05) is 19.6 Å². The van der Waals surface area contributed by atoms with Crippen molar-refractivity contribution < 1.29 is 23.0 Å². The maximum Gasteiger partial charge on any atom is 0.410 e. The Morgan fingerprint density at radius 2 is 2.13 bits per heavy atom. The number of carbonyl (C=O) groups is 1. The summed E-state index contributed by atoms with van der Waals surface area (Å²) >= 11 is 0. The van der Waals surface area contributed by atoms with Crippen LogP contribution in [-0.2, 0) is 4.74 Å². The van der Waals surface area contributed by atoms with Crippen molar-refractivity contribution in [2.75, 3.05) is 19.6 Å². The molecule has 128 valence electrons. The first-order valence-electron chi connectivity index (χ1n) is 7.51. The summed E-state index contributed by atoms with van der Waals surface area (Å²) in [6.45, 7) is 4.14. The Morgan fingerprint density at radius 1 is 1.39 bits per heavy atom. The zero-order valence-electron chi connectivity index (χ0n) is 13.5. The molecule has 0 radical (unpaired) electrons. The Hall–Kier alpha value is -1.89. The van der Waals surface area contributed by atoms with Gasteiger partial charge in [0.25, 0.3) is 0 Å². The Balaban J connectivity index is 2.05. The minimum absolute atomic E-state index is 0.105. The van der Waals surface area contributed by atoms with Crippen molar-refractivity contribution in [1.82, 2.24) is 10.2 Å². The molecular formula is C16H22F2N2O3. The van der Waals surface area contributed by atoms with E-state index in [1.807, 2.05) is 26.8 Å². The molecule has 1 aromatic rings. The number of rotatable bonds is 3. The van der Waals surface area contributed by atoms with Crippen molar-refractivity contribution in [1.29, 1.82) is 0 Å². The second-order valence-electron chi connectivity index (χ2n) is 6.38. The number of halogens is 2. The van der Waals surface area contributed by atoms with Gasteiger partial charge in [-0.05, 0) is 38.5 Å². The van der Waals surface area contributed by atoms with Crippen LogP contribution in [0.4, 0.5) is 13.6 Å². The predicted octanol–water partition coefficient (Wildman–Crippen LogP) is 3.17. The normalized spacial score (nSPS) is 18.9. The molecule has 0 bridgehead atoms. The van der Waals surface area contributed by atoms with Crippen LogP contribution in [0.3, 0.4) is 0 Å². The van der Waals surface area contributed by atoms with E-state index in [0.29, 0.717) is 19.6 Å². The molecule has 1 heterocycles. The van der Waals surface area contributed by atoms with Gasteiger partial charge in [-0.3, -0.25) is 0 Å². The SMILES string of the molecule is CC(C)(C)OC(=O)N1CCNC(c2cccc(OC(F)F)c2)C1. The molecule has 0 aliphatic carbocycles. The average molecular weight is 328 g/mol. The number of hydrogen-bond donors (Lipinski definition) is 1. The highest BCUT2D eigenvalue weighted by Crippen LogP contribution is 2.23. The Morgan fingerprint density at radius 3 is 2.78 bits per heavy atom. The molecule has 1 amide bonds. The number of alkyl halides is 2. The van der Waals surface area contributed by atoms with Crippen molar-refractivity contribution in [3.63, 3.8) is 0 Å². The van der Waals surface area contributed by atoms with Crippen LogP contribution < -0.4 is 10.1 Å². The monoisotopic (exact) mass is 328 g/mol. The minimum atomic E-state index is -2.86. The van der Waals surface area contributed by atoms with Crippen molar-refractivity contribution in [2.24, 2.45) is 0 Å². The third-order valence-electron chi connectivity index (χ3n) is 3.31. The highest BCUT2D eigenvalue weighted by Gasteiger charge is 2.28.